The van der Waals surface area contributed by atoms with Crippen molar-refractivity contribution in [1.29, 1.82) is 0 Å². The van der Waals surface area contributed by atoms with Gasteiger partial charge in [0.2, 0.25) is 0 Å². The van der Waals surface area contributed by atoms with Crippen molar-refractivity contribution in [3.63, 3.8) is 0 Å². The zero-order valence-corrected chi connectivity index (χ0v) is 10.9. The van der Waals surface area contributed by atoms with E-state index in [1.165, 1.54) is 6.20 Å². The molecule has 1 aliphatic carbocycles. The van der Waals surface area contributed by atoms with Gasteiger partial charge in [0.25, 0.3) is 5.91 Å². The Bertz CT molecular complexity index is 461. The van der Waals surface area contributed by atoms with Crippen LogP contribution in [0.25, 0.3) is 0 Å². The smallest absolute Gasteiger partial charge is 0.306 e. The van der Waals surface area contributed by atoms with Crippen molar-refractivity contribution in [3.8, 4) is 0 Å². The van der Waals surface area contributed by atoms with Gasteiger partial charge in [-0.25, -0.2) is 0 Å². The molecule has 2 rings (SSSR count). The molecule has 1 fully saturated rings. The van der Waals surface area contributed by atoms with E-state index in [1.807, 2.05) is 0 Å². The summed E-state index contributed by atoms with van der Waals surface area (Å²) >= 11 is 0. The zero-order chi connectivity index (χ0) is 13.8. The first-order valence-electron chi connectivity index (χ1n) is 6.50. The molecule has 0 atom stereocenters. The molecule has 0 aliphatic heterocycles. The van der Waals surface area contributed by atoms with E-state index >= 15 is 0 Å². The van der Waals surface area contributed by atoms with Crippen molar-refractivity contribution in [2.45, 2.75) is 32.6 Å². The van der Waals surface area contributed by atoms with Crippen molar-refractivity contribution in [2.24, 2.45) is 11.8 Å². The maximum absolute atomic E-state index is 11.8. The topological polar surface area (TPSA) is 92.4 Å². The SMILES string of the molecule is Cc1oncc1C(=O)NCC1CCC(C(=O)O)CC1. The lowest BCUT2D eigenvalue weighted by Gasteiger charge is -2.26. The Hall–Kier alpha value is -1.85. The van der Waals surface area contributed by atoms with Gasteiger partial charge in [-0.2, -0.15) is 0 Å². The van der Waals surface area contributed by atoms with Crippen LogP contribution in [-0.4, -0.2) is 28.7 Å². The largest absolute Gasteiger partial charge is 0.481 e. The van der Waals surface area contributed by atoms with Crippen LogP contribution in [0.4, 0.5) is 0 Å². The third-order valence-electron chi connectivity index (χ3n) is 3.74. The summed E-state index contributed by atoms with van der Waals surface area (Å²) in [6, 6.07) is 0. The third-order valence-corrected chi connectivity index (χ3v) is 3.74. The predicted octanol–water partition coefficient (Wildman–Crippen LogP) is 1.60. The van der Waals surface area contributed by atoms with Crippen LogP contribution in [0.1, 0.15) is 41.8 Å². The average Bonchev–Trinajstić information content (AvgIpc) is 2.83. The summed E-state index contributed by atoms with van der Waals surface area (Å²) in [5, 5.41) is 15.3. The highest BCUT2D eigenvalue weighted by Crippen LogP contribution is 2.28. The summed E-state index contributed by atoms with van der Waals surface area (Å²) in [5.41, 5.74) is 0.458. The number of aromatic nitrogens is 1. The fraction of sp³-hybridized carbons (Fsp3) is 0.615. The molecule has 0 bridgehead atoms. The first kappa shape index (κ1) is 13.6. The molecular formula is C13H18N2O4. The van der Waals surface area contributed by atoms with Gasteiger partial charge in [-0.1, -0.05) is 5.16 Å². The average molecular weight is 266 g/mol. The van der Waals surface area contributed by atoms with Crippen molar-refractivity contribution >= 4 is 11.9 Å². The Morgan fingerprint density at radius 1 is 1.42 bits per heavy atom. The van der Waals surface area contributed by atoms with E-state index in [0.29, 0.717) is 36.6 Å². The molecule has 1 aromatic heterocycles. The summed E-state index contributed by atoms with van der Waals surface area (Å²) in [7, 11) is 0. The fourth-order valence-electron chi connectivity index (χ4n) is 2.46. The van der Waals surface area contributed by atoms with Crippen LogP contribution in [0.2, 0.25) is 0 Å². The molecule has 0 unspecified atom stereocenters. The number of hydrogen-bond donors (Lipinski definition) is 2. The number of carbonyl (C=O) groups is 2. The van der Waals surface area contributed by atoms with Crippen LogP contribution in [0.5, 0.6) is 0 Å². The molecule has 1 saturated carbocycles. The highest BCUT2D eigenvalue weighted by molar-refractivity contribution is 5.94. The summed E-state index contributed by atoms with van der Waals surface area (Å²) < 4.78 is 4.84. The maximum atomic E-state index is 11.8. The minimum atomic E-state index is -0.706. The summed E-state index contributed by atoms with van der Waals surface area (Å²) in [6.45, 7) is 2.27. The first-order chi connectivity index (χ1) is 9.08. The molecule has 6 nitrogen and oxygen atoms in total. The number of amides is 1. The molecule has 0 radical (unpaired) electrons. The minimum absolute atomic E-state index is 0.181. The van der Waals surface area contributed by atoms with Gasteiger partial charge in [0.05, 0.1) is 12.1 Å². The second-order valence-electron chi connectivity index (χ2n) is 5.06. The second-order valence-corrected chi connectivity index (χ2v) is 5.06. The van der Waals surface area contributed by atoms with Gasteiger partial charge in [0.1, 0.15) is 11.3 Å². The molecule has 0 saturated heterocycles. The highest BCUT2D eigenvalue weighted by atomic mass is 16.5. The van der Waals surface area contributed by atoms with E-state index in [1.54, 1.807) is 6.92 Å². The molecular weight excluding hydrogens is 248 g/mol. The van der Waals surface area contributed by atoms with Crippen molar-refractivity contribution in [3.05, 3.63) is 17.5 Å². The number of nitrogens with one attached hydrogen (secondary N) is 1. The lowest BCUT2D eigenvalue weighted by atomic mass is 9.82. The van der Waals surface area contributed by atoms with Crippen LogP contribution in [-0.2, 0) is 4.79 Å². The molecule has 19 heavy (non-hydrogen) atoms. The monoisotopic (exact) mass is 266 g/mol. The van der Waals surface area contributed by atoms with Crippen LogP contribution in [0, 0.1) is 18.8 Å². The Kier molecular flexibility index (Phi) is 4.19. The quantitative estimate of drug-likeness (QED) is 0.863. The van der Waals surface area contributed by atoms with Gasteiger partial charge in [-0.3, -0.25) is 9.59 Å². The number of aliphatic carboxylic acids is 1. The molecule has 1 heterocycles. The zero-order valence-electron chi connectivity index (χ0n) is 10.9. The first-order valence-corrected chi connectivity index (χ1v) is 6.50. The summed E-state index contributed by atoms with van der Waals surface area (Å²) in [5.74, 6) is -0.235. The van der Waals surface area contributed by atoms with Crippen LogP contribution < -0.4 is 5.32 Å². The number of nitrogens with zero attached hydrogens (tertiary/aromatic N) is 1. The van der Waals surface area contributed by atoms with Gasteiger partial charge in [0, 0.05) is 6.54 Å². The third kappa shape index (κ3) is 3.33. The Balaban J connectivity index is 1.77. The van der Waals surface area contributed by atoms with Gasteiger partial charge in [0.15, 0.2) is 0 Å². The number of rotatable bonds is 4. The van der Waals surface area contributed by atoms with E-state index in [-0.39, 0.29) is 11.8 Å². The van der Waals surface area contributed by atoms with Crippen molar-refractivity contribution < 1.29 is 19.2 Å². The second kappa shape index (κ2) is 5.86. The molecule has 104 valence electrons. The Morgan fingerprint density at radius 3 is 2.63 bits per heavy atom. The number of carboxylic acid groups (broad SMARTS) is 1. The van der Waals surface area contributed by atoms with Crippen LogP contribution in [0.3, 0.4) is 0 Å². The van der Waals surface area contributed by atoms with Gasteiger partial charge >= 0.3 is 5.97 Å². The molecule has 1 aromatic rings. The highest BCUT2D eigenvalue weighted by Gasteiger charge is 2.26. The molecule has 6 heteroatoms. The van der Waals surface area contributed by atoms with Gasteiger partial charge in [-0.05, 0) is 38.5 Å². The molecule has 1 aliphatic rings. The van der Waals surface area contributed by atoms with E-state index in [2.05, 4.69) is 10.5 Å². The molecule has 0 aromatic carbocycles. The number of aryl methyl sites for hydroxylation is 1. The normalized spacial score (nSPS) is 23.0. The van der Waals surface area contributed by atoms with Gasteiger partial charge in [-0.15, -0.1) is 0 Å². The Labute approximate surface area is 111 Å². The van der Waals surface area contributed by atoms with Crippen molar-refractivity contribution in [2.75, 3.05) is 6.54 Å². The minimum Gasteiger partial charge on any atom is -0.481 e. The number of carboxylic acids is 1. The fourth-order valence-corrected chi connectivity index (χ4v) is 2.46. The Morgan fingerprint density at radius 2 is 2.11 bits per heavy atom. The maximum Gasteiger partial charge on any atom is 0.306 e. The van der Waals surface area contributed by atoms with Crippen LogP contribution in [0.15, 0.2) is 10.7 Å². The molecule has 1 amide bonds. The summed E-state index contributed by atoms with van der Waals surface area (Å²) in [6.07, 6.45) is 4.50. The lowest BCUT2D eigenvalue weighted by Crippen LogP contribution is -2.32. The molecule has 0 spiro atoms. The van der Waals surface area contributed by atoms with E-state index < -0.39 is 5.97 Å². The predicted molar refractivity (Wildman–Crippen MR) is 66.7 cm³/mol. The number of hydrogen-bond acceptors (Lipinski definition) is 4. The molecule has 2 N–H and O–H groups in total. The van der Waals surface area contributed by atoms with E-state index in [4.69, 9.17) is 9.63 Å². The lowest BCUT2D eigenvalue weighted by molar-refractivity contribution is -0.143. The van der Waals surface area contributed by atoms with Crippen LogP contribution >= 0.6 is 0 Å². The van der Waals surface area contributed by atoms with Gasteiger partial charge < -0.3 is 14.9 Å². The van der Waals surface area contributed by atoms with E-state index in [0.717, 1.165) is 12.8 Å². The summed E-state index contributed by atoms with van der Waals surface area (Å²) in [4.78, 5) is 22.7. The number of carbonyl (C=O) groups excluding carboxylic acids is 1. The van der Waals surface area contributed by atoms with Crippen molar-refractivity contribution in [1.82, 2.24) is 10.5 Å². The standard InChI is InChI=1S/C13H18N2O4/c1-8-11(7-15-19-8)12(16)14-6-9-2-4-10(5-3-9)13(17)18/h7,9-10H,2-6H2,1H3,(H,14,16)(H,17,18). The van der Waals surface area contributed by atoms with E-state index in [9.17, 15) is 9.59 Å².